The Balaban J connectivity index is 1.68. The number of aliphatic imine (C=N–C) groups is 1. The third-order valence-electron chi connectivity index (χ3n) is 7.51. The molecule has 3 aliphatic rings. The Morgan fingerprint density at radius 3 is 2.31 bits per heavy atom. The maximum Gasteiger partial charge on any atom is 0.501 e. The monoisotopic (exact) mass is 633 g/mol. The number of thioether (sulfide) groups is 1. The molecule has 1 saturated carbocycles. The summed E-state index contributed by atoms with van der Waals surface area (Å²) in [5.74, 6) is 0. The van der Waals surface area contributed by atoms with Gasteiger partial charge in [0.2, 0.25) is 0 Å². The zero-order chi connectivity index (χ0) is 30.2. The van der Waals surface area contributed by atoms with Crippen LogP contribution < -0.4 is 16.0 Å². The second-order valence-electron chi connectivity index (χ2n) is 10.3. The number of rotatable bonds is 5. The highest BCUT2D eigenvalue weighted by Crippen LogP contribution is 2.46. The van der Waals surface area contributed by atoms with Gasteiger partial charge < -0.3 is 16.0 Å². The summed E-state index contributed by atoms with van der Waals surface area (Å²) in [7, 11) is -5.62. The Bertz CT molecular complexity index is 1470. The second-order valence-corrected chi connectivity index (χ2v) is 13.6. The first-order valence-corrected chi connectivity index (χ1v) is 15.9. The van der Waals surface area contributed by atoms with Crippen molar-refractivity contribution in [2.45, 2.75) is 72.4 Å². The van der Waals surface area contributed by atoms with E-state index in [4.69, 9.17) is 4.99 Å². The van der Waals surface area contributed by atoms with E-state index in [0.717, 1.165) is 62.4 Å². The van der Waals surface area contributed by atoms with E-state index in [1.54, 1.807) is 0 Å². The van der Waals surface area contributed by atoms with E-state index in [1.165, 1.54) is 24.0 Å². The van der Waals surface area contributed by atoms with Gasteiger partial charge >= 0.3 is 11.7 Å². The third kappa shape index (κ3) is 6.13. The number of pyridine rings is 1. The Hall–Kier alpha value is -2.78. The van der Waals surface area contributed by atoms with Gasteiger partial charge in [-0.2, -0.15) is 26.3 Å². The fourth-order valence-corrected chi connectivity index (χ4v) is 7.52. The molecule has 2 aliphatic heterocycles. The van der Waals surface area contributed by atoms with Gasteiger partial charge in [-0.25, -0.2) is 13.4 Å². The summed E-state index contributed by atoms with van der Waals surface area (Å²) in [6.45, 7) is 1.02. The number of anilines is 1. The molecule has 3 heterocycles. The molecule has 3 N–H and O–H groups in total. The van der Waals surface area contributed by atoms with Crippen LogP contribution in [0, 0.1) is 0 Å². The number of benzene rings is 1. The minimum absolute atomic E-state index is 0.0756. The lowest BCUT2D eigenvalue weighted by molar-refractivity contribution is -0.139. The van der Waals surface area contributed by atoms with Crippen LogP contribution in [0.2, 0.25) is 0 Å². The average molecular weight is 634 g/mol. The summed E-state index contributed by atoms with van der Waals surface area (Å²) < 4.78 is 107. The lowest BCUT2D eigenvalue weighted by atomic mass is 9.86. The van der Waals surface area contributed by atoms with Gasteiger partial charge in [-0.15, -0.1) is 0 Å². The molecule has 2 aromatic rings. The highest BCUT2D eigenvalue weighted by atomic mass is 32.2. The molecule has 1 fully saturated rings. The van der Waals surface area contributed by atoms with Crippen molar-refractivity contribution in [3.05, 3.63) is 65.1 Å². The van der Waals surface area contributed by atoms with Gasteiger partial charge in [0.15, 0.2) is 10.8 Å². The summed E-state index contributed by atoms with van der Waals surface area (Å²) in [5, 5.41) is 10.3. The van der Waals surface area contributed by atoms with Crippen LogP contribution in [0.15, 0.2) is 63.8 Å². The van der Waals surface area contributed by atoms with Crippen LogP contribution in [0.5, 0.6) is 0 Å². The van der Waals surface area contributed by atoms with Crippen LogP contribution in [0.25, 0.3) is 0 Å². The van der Waals surface area contributed by atoms with Crippen molar-refractivity contribution in [3.63, 3.8) is 0 Å². The molecule has 1 aromatic carbocycles. The summed E-state index contributed by atoms with van der Waals surface area (Å²) >= 11 is 1.46. The van der Waals surface area contributed by atoms with Gasteiger partial charge in [-0.3, -0.25) is 4.98 Å². The van der Waals surface area contributed by atoms with Crippen LogP contribution in [0.1, 0.15) is 56.2 Å². The number of nitrogens with one attached hydrogen (secondary N) is 3. The molecule has 5 rings (SSSR count). The number of halogens is 6. The van der Waals surface area contributed by atoms with Gasteiger partial charge in [0, 0.05) is 41.4 Å². The normalized spacial score (nSPS) is 22.6. The first kappa shape index (κ1) is 30.7. The van der Waals surface area contributed by atoms with E-state index in [2.05, 4.69) is 20.9 Å². The first-order chi connectivity index (χ1) is 19.8. The Morgan fingerprint density at radius 2 is 1.64 bits per heavy atom. The van der Waals surface area contributed by atoms with Gasteiger partial charge in [0.25, 0.3) is 9.84 Å². The van der Waals surface area contributed by atoms with Crippen LogP contribution in [-0.2, 0) is 21.7 Å². The van der Waals surface area contributed by atoms with Crippen LogP contribution in [0.3, 0.4) is 0 Å². The molecule has 228 valence electrons. The van der Waals surface area contributed by atoms with Gasteiger partial charge in [-0.1, -0.05) is 31.0 Å². The quantitative estimate of drug-likeness (QED) is 0.332. The smallest absolute Gasteiger partial charge is 0.353 e. The number of aromatic nitrogens is 1. The van der Waals surface area contributed by atoms with E-state index >= 15 is 0 Å². The van der Waals surface area contributed by atoms with E-state index in [9.17, 15) is 34.8 Å². The average Bonchev–Trinajstić information content (AvgIpc) is 3.19. The van der Waals surface area contributed by atoms with Crippen molar-refractivity contribution in [1.82, 2.24) is 15.6 Å². The molecular weight excluding hydrogens is 604 g/mol. The topological polar surface area (TPSA) is 95.5 Å². The Morgan fingerprint density at radius 1 is 0.952 bits per heavy atom. The van der Waals surface area contributed by atoms with Crippen LogP contribution in [0.4, 0.5) is 32.0 Å². The molecule has 1 atom stereocenters. The summed E-state index contributed by atoms with van der Waals surface area (Å²) in [6.07, 6.45) is 2.30. The van der Waals surface area contributed by atoms with Crippen molar-refractivity contribution in [1.29, 1.82) is 0 Å². The molecule has 1 unspecified atom stereocenters. The molecule has 0 saturated heterocycles. The molecule has 15 heteroatoms. The third-order valence-corrected chi connectivity index (χ3v) is 10.2. The van der Waals surface area contributed by atoms with E-state index in [-0.39, 0.29) is 10.9 Å². The fraction of sp³-hybridized carbons (Fsp3) is 0.481. The zero-order valence-corrected chi connectivity index (χ0v) is 23.9. The summed E-state index contributed by atoms with van der Waals surface area (Å²) in [6, 6.07) is 5.84. The van der Waals surface area contributed by atoms with Crippen molar-refractivity contribution in [2.24, 2.45) is 4.99 Å². The van der Waals surface area contributed by atoms with Crippen molar-refractivity contribution < 1.29 is 34.8 Å². The SMILES string of the molecule is O=S(=O)(c1ccc(NC2(c3ncccc3C(F)(F)F)N=C(SC3CCCCC3)NC3=C2CCNCC3)cc1)C(F)(F)F. The lowest BCUT2D eigenvalue weighted by Crippen LogP contribution is -2.46. The van der Waals surface area contributed by atoms with Crippen LogP contribution in [-0.4, -0.2) is 42.4 Å². The molecule has 1 aliphatic carbocycles. The molecule has 1 aromatic heterocycles. The maximum absolute atomic E-state index is 14.4. The van der Waals surface area contributed by atoms with E-state index in [1.807, 2.05) is 0 Å². The first-order valence-electron chi connectivity index (χ1n) is 13.5. The molecule has 0 spiro atoms. The molecule has 0 bridgehead atoms. The summed E-state index contributed by atoms with van der Waals surface area (Å²) in [4.78, 5) is 8.12. The number of amidine groups is 1. The highest BCUT2D eigenvalue weighted by molar-refractivity contribution is 8.14. The van der Waals surface area contributed by atoms with E-state index in [0.29, 0.717) is 42.4 Å². The maximum atomic E-state index is 14.4. The minimum Gasteiger partial charge on any atom is -0.353 e. The van der Waals surface area contributed by atoms with Gasteiger partial charge in [0.1, 0.15) is 5.69 Å². The van der Waals surface area contributed by atoms with Crippen molar-refractivity contribution in [2.75, 3.05) is 18.4 Å². The molecular formula is C27H29F6N5O2S2. The summed E-state index contributed by atoms with van der Waals surface area (Å²) in [5.41, 5.74) is -7.51. The minimum atomic E-state index is -5.62. The fourth-order valence-electron chi connectivity index (χ4n) is 5.51. The number of hydrogen-bond acceptors (Lipinski definition) is 8. The van der Waals surface area contributed by atoms with Gasteiger partial charge in [0.05, 0.1) is 10.5 Å². The molecule has 7 nitrogen and oxygen atoms in total. The second kappa shape index (κ2) is 11.7. The standard InChI is InChI=1S/C27H29F6N5O2S2/c28-26(29,30)21-7-4-14-35-23(21)25(37-17-8-10-19(11-9-17)42(39,40)27(31,32)33)20-12-15-34-16-13-22(20)36-24(38-25)41-18-5-2-1-3-6-18/h4,7-11,14,18,34,37H,1-3,5-6,12-13,15-16H2,(H,36,38). The van der Waals surface area contributed by atoms with Crippen molar-refractivity contribution in [3.8, 4) is 0 Å². The van der Waals surface area contributed by atoms with Crippen LogP contribution >= 0.6 is 11.8 Å². The zero-order valence-electron chi connectivity index (χ0n) is 22.3. The van der Waals surface area contributed by atoms with E-state index < -0.39 is 43.3 Å². The number of alkyl halides is 6. The predicted octanol–water partition coefficient (Wildman–Crippen LogP) is 6.32. The predicted molar refractivity (Wildman–Crippen MR) is 148 cm³/mol. The molecule has 0 radical (unpaired) electrons. The molecule has 42 heavy (non-hydrogen) atoms. The largest absolute Gasteiger partial charge is 0.501 e. The Kier molecular flexibility index (Phi) is 8.56. The lowest BCUT2D eigenvalue weighted by Gasteiger charge is -2.40. The van der Waals surface area contributed by atoms with Gasteiger partial charge in [-0.05, 0) is 62.2 Å². The number of hydrogen-bond donors (Lipinski definition) is 3. The highest BCUT2D eigenvalue weighted by Gasteiger charge is 2.49. The number of nitrogens with zero attached hydrogens (tertiary/aromatic N) is 2. The molecule has 0 amide bonds. The Labute approximate surface area is 243 Å². The number of sulfone groups is 1. The van der Waals surface area contributed by atoms with Crippen molar-refractivity contribution >= 4 is 32.5 Å².